The van der Waals surface area contributed by atoms with Gasteiger partial charge in [0.1, 0.15) is 24.1 Å². The molecule has 8 N–H and O–H groups in total. The summed E-state index contributed by atoms with van der Waals surface area (Å²) >= 11 is 0. The van der Waals surface area contributed by atoms with E-state index in [1.54, 1.807) is 0 Å². The van der Waals surface area contributed by atoms with Crippen LogP contribution in [0, 0.1) is 17.8 Å². The van der Waals surface area contributed by atoms with E-state index in [0.29, 0.717) is 0 Å². The van der Waals surface area contributed by atoms with Gasteiger partial charge in [-0.3, -0.25) is 0 Å². The maximum Gasteiger partial charge on any atom is 0.147 e. The summed E-state index contributed by atoms with van der Waals surface area (Å²) in [5, 5.41) is 80.5. The second-order valence-corrected chi connectivity index (χ2v) is 7.39. The maximum atomic E-state index is 10.6. The SMILES string of the molecule is C/C(=C1/OC(CO)C(O)C(C(C)O)[C@@H]1O)C1C(O)C(CO)C[C@@H](O)C1O. The Kier molecular flexibility index (Phi) is 7.03. The molecule has 2 rings (SSSR count). The van der Waals surface area contributed by atoms with Crippen LogP contribution in [-0.2, 0) is 4.74 Å². The minimum absolute atomic E-state index is 0.0234. The average Bonchev–Trinajstić information content (AvgIpc) is 2.58. The standard InChI is InChI=1S/C17H30O9/c1-6(11-13(22)8(4-18)3-9(21)14(11)23)17-16(25)12(7(2)20)15(24)10(5-19)26-17/h7-16,18-25H,3-5H2,1-2H3/b17-6-/t7?,8?,9-,10?,11?,12?,13?,14?,15?,16+/m1/s1. The molecule has 10 atom stereocenters. The third-order valence-electron chi connectivity index (χ3n) is 5.70. The highest BCUT2D eigenvalue weighted by Crippen LogP contribution is 2.40. The third kappa shape index (κ3) is 3.76. The van der Waals surface area contributed by atoms with Crippen LogP contribution >= 0.6 is 0 Å². The lowest BCUT2D eigenvalue weighted by Crippen LogP contribution is -2.55. The zero-order valence-corrected chi connectivity index (χ0v) is 14.9. The van der Waals surface area contributed by atoms with Crippen LogP contribution in [0.3, 0.4) is 0 Å². The van der Waals surface area contributed by atoms with Crippen LogP contribution in [0.25, 0.3) is 0 Å². The van der Waals surface area contributed by atoms with Gasteiger partial charge in [-0.05, 0) is 25.8 Å². The fourth-order valence-corrected chi connectivity index (χ4v) is 4.12. The molecule has 0 aromatic heterocycles. The smallest absolute Gasteiger partial charge is 0.147 e. The molecule has 26 heavy (non-hydrogen) atoms. The van der Waals surface area contributed by atoms with Gasteiger partial charge in [0, 0.05) is 24.4 Å². The van der Waals surface area contributed by atoms with Gasteiger partial charge in [0.2, 0.25) is 0 Å². The molecular formula is C17H30O9. The topological polar surface area (TPSA) is 171 Å². The summed E-state index contributed by atoms with van der Waals surface area (Å²) in [4.78, 5) is 0. The molecule has 2 fully saturated rings. The van der Waals surface area contributed by atoms with Crippen LogP contribution in [0.2, 0.25) is 0 Å². The molecule has 8 unspecified atom stereocenters. The largest absolute Gasteiger partial charge is 0.487 e. The van der Waals surface area contributed by atoms with E-state index in [1.807, 2.05) is 0 Å². The predicted molar refractivity (Wildman–Crippen MR) is 88.5 cm³/mol. The van der Waals surface area contributed by atoms with E-state index >= 15 is 0 Å². The predicted octanol–water partition coefficient (Wildman–Crippen LogP) is -2.92. The van der Waals surface area contributed by atoms with Crippen molar-refractivity contribution in [3.8, 4) is 0 Å². The van der Waals surface area contributed by atoms with E-state index in [0.717, 1.165) is 0 Å². The average molecular weight is 378 g/mol. The van der Waals surface area contributed by atoms with Crippen molar-refractivity contribution in [2.24, 2.45) is 17.8 Å². The quantitative estimate of drug-likeness (QED) is 0.255. The molecule has 0 spiro atoms. The van der Waals surface area contributed by atoms with Crippen molar-refractivity contribution in [3.05, 3.63) is 11.3 Å². The van der Waals surface area contributed by atoms with Gasteiger partial charge in [-0.25, -0.2) is 0 Å². The summed E-state index contributed by atoms with van der Waals surface area (Å²) in [5.74, 6) is -2.80. The number of hydrogen-bond donors (Lipinski definition) is 8. The lowest BCUT2D eigenvalue weighted by atomic mass is 9.71. The third-order valence-corrected chi connectivity index (χ3v) is 5.70. The Morgan fingerprint density at radius 1 is 1.04 bits per heavy atom. The highest BCUT2D eigenvalue weighted by molar-refractivity contribution is 5.22. The van der Waals surface area contributed by atoms with Gasteiger partial charge in [-0.15, -0.1) is 0 Å². The molecule has 9 heteroatoms. The van der Waals surface area contributed by atoms with Crippen molar-refractivity contribution >= 4 is 0 Å². The first-order valence-electron chi connectivity index (χ1n) is 8.83. The normalized spacial score (nSPS) is 47.2. The maximum absolute atomic E-state index is 10.6. The number of hydrogen-bond acceptors (Lipinski definition) is 9. The molecule has 2 aliphatic rings. The van der Waals surface area contributed by atoms with E-state index in [1.165, 1.54) is 13.8 Å². The number of aliphatic hydroxyl groups is 8. The molecule has 0 bridgehead atoms. The van der Waals surface area contributed by atoms with Crippen LogP contribution in [-0.4, -0.2) is 96.8 Å². The molecule has 0 radical (unpaired) electrons. The van der Waals surface area contributed by atoms with Crippen LogP contribution < -0.4 is 0 Å². The molecule has 0 aromatic carbocycles. The van der Waals surface area contributed by atoms with Gasteiger partial charge < -0.3 is 45.6 Å². The van der Waals surface area contributed by atoms with E-state index in [9.17, 15) is 40.9 Å². The summed E-state index contributed by atoms with van der Waals surface area (Å²) in [7, 11) is 0. The summed E-state index contributed by atoms with van der Waals surface area (Å²) < 4.78 is 5.51. The van der Waals surface area contributed by atoms with Crippen LogP contribution in [0.4, 0.5) is 0 Å². The molecule has 152 valence electrons. The van der Waals surface area contributed by atoms with Crippen LogP contribution in [0.1, 0.15) is 20.3 Å². The molecule has 9 nitrogen and oxygen atoms in total. The fraction of sp³-hybridized carbons (Fsp3) is 0.882. The van der Waals surface area contributed by atoms with Crippen molar-refractivity contribution in [2.75, 3.05) is 13.2 Å². The Balaban J connectivity index is 2.44. The van der Waals surface area contributed by atoms with Crippen LogP contribution in [0.5, 0.6) is 0 Å². The second-order valence-electron chi connectivity index (χ2n) is 7.39. The monoisotopic (exact) mass is 378 g/mol. The first-order chi connectivity index (χ1) is 12.1. The lowest BCUT2D eigenvalue weighted by molar-refractivity contribution is -0.163. The Morgan fingerprint density at radius 3 is 2.15 bits per heavy atom. The van der Waals surface area contributed by atoms with Crippen molar-refractivity contribution < 1.29 is 45.6 Å². The molecule has 0 aromatic rings. The lowest BCUT2D eigenvalue weighted by Gasteiger charge is -2.45. The number of aliphatic hydroxyl groups excluding tert-OH is 8. The highest BCUT2D eigenvalue weighted by atomic mass is 16.5. The van der Waals surface area contributed by atoms with Gasteiger partial charge in [0.15, 0.2) is 0 Å². The van der Waals surface area contributed by atoms with Gasteiger partial charge in [0.25, 0.3) is 0 Å². The highest BCUT2D eigenvalue weighted by Gasteiger charge is 2.49. The molecule has 1 aliphatic heterocycles. The van der Waals surface area contributed by atoms with Crippen LogP contribution in [0.15, 0.2) is 11.3 Å². The fourth-order valence-electron chi connectivity index (χ4n) is 4.12. The molecular weight excluding hydrogens is 348 g/mol. The van der Waals surface area contributed by atoms with Gasteiger partial charge in [-0.1, -0.05) is 0 Å². The minimum Gasteiger partial charge on any atom is -0.487 e. The van der Waals surface area contributed by atoms with Gasteiger partial charge in [0.05, 0.1) is 31.0 Å². The summed E-state index contributed by atoms with van der Waals surface area (Å²) in [5.41, 5.74) is 0.228. The first kappa shape index (κ1) is 21.5. The van der Waals surface area contributed by atoms with Crippen molar-refractivity contribution in [2.45, 2.75) is 63.0 Å². The Hall–Kier alpha value is -0.780. The van der Waals surface area contributed by atoms with Gasteiger partial charge >= 0.3 is 0 Å². The second kappa shape index (κ2) is 8.49. The number of rotatable bonds is 4. The summed E-state index contributed by atoms with van der Waals surface area (Å²) in [6.07, 6.45) is -8.65. The molecule has 0 amide bonds. The molecule has 1 heterocycles. The zero-order valence-electron chi connectivity index (χ0n) is 14.9. The summed E-state index contributed by atoms with van der Waals surface area (Å²) in [6, 6.07) is 0. The summed E-state index contributed by atoms with van der Waals surface area (Å²) in [6.45, 7) is 1.93. The van der Waals surface area contributed by atoms with E-state index in [-0.39, 0.29) is 24.4 Å². The van der Waals surface area contributed by atoms with Crippen molar-refractivity contribution in [1.82, 2.24) is 0 Å². The number of ether oxygens (including phenoxy) is 1. The van der Waals surface area contributed by atoms with E-state index in [2.05, 4.69) is 0 Å². The molecule has 1 aliphatic carbocycles. The van der Waals surface area contributed by atoms with E-state index in [4.69, 9.17) is 4.74 Å². The zero-order chi connectivity index (χ0) is 19.8. The van der Waals surface area contributed by atoms with Crippen molar-refractivity contribution in [1.29, 1.82) is 0 Å². The molecule has 1 saturated carbocycles. The van der Waals surface area contributed by atoms with Gasteiger partial charge in [-0.2, -0.15) is 0 Å². The Bertz CT molecular complexity index is 508. The molecule has 1 saturated heterocycles. The Labute approximate surface area is 151 Å². The Morgan fingerprint density at radius 2 is 1.65 bits per heavy atom. The van der Waals surface area contributed by atoms with Crippen molar-refractivity contribution in [3.63, 3.8) is 0 Å². The van der Waals surface area contributed by atoms with E-state index < -0.39 is 67.1 Å². The first-order valence-corrected chi connectivity index (χ1v) is 8.83. The minimum atomic E-state index is -1.43.